The predicted molar refractivity (Wildman–Crippen MR) is 80.9 cm³/mol. The Hall–Kier alpha value is -1.46. The van der Waals surface area contributed by atoms with E-state index in [1.165, 1.54) is 0 Å². The van der Waals surface area contributed by atoms with Crippen LogP contribution in [0.25, 0.3) is 0 Å². The molecule has 1 rings (SSSR count). The summed E-state index contributed by atoms with van der Waals surface area (Å²) in [5.41, 5.74) is -0.0751. The molecule has 0 saturated carbocycles. The molecule has 1 aromatic heterocycles. The molecule has 0 saturated heterocycles. The van der Waals surface area contributed by atoms with E-state index in [1.54, 1.807) is 4.68 Å². The number of nitrogens with zero attached hydrogens (tertiary/aromatic N) is 4. The van der Waals surface area contributed by atoms with Gasteiger partial charge in [-0.1, -0.05) is 48.5 Å². The van der Waals surface area contributed by atoms with Gasteiger partial charge in [0.25, 0.3) is 0 Å². The lowest BCUT2D eigenvalue weighted by Gasteiger charge is -2.31. The number of aliphatic carboxylic acids is 1. The number of hydrogen-bond donors (Lipinski definition) is 1. The summed E-state index contributed by atoms with van der Waals surface area (Å²) < 4.78 is 1.70. The third kappa shape index (κ3) is 4.79. The highest BCUT2D eigenvalue weighted by atomic mass is 16.4. The van der Waals surface area contributed by atoms with Crippen LogP contribution < -0.4 is 0 Å². The van der Waals surface area contributed by atoms with Crippen molar-refractivity contribution in [3.8, 4) is 0 Å². The number of rotatable bonds is 5. The quantitative estimate of drug-likeness (QED) is 0.903. The molecule has 0 aliphatic carbocycles. The van der Waals surface area contributed by atoms with Gasteiger partial charge in [-0.15, -0.1) is 5.10 Å². The van der Waals surface area contributed by atoms with Crippen LogP contribution in [0.2, 0.25) is 0 Å². The maximum Gasteiger partial charge on any atom is 0.305 e. The van der Waals surface area contributed by atoms with Crippen LogP contribution in [0.4, 0.5) is 0 Å². The minimum absolute atomic E-state index is 0.0193. The summed E-state index contributed by atoms with van der Waals surface area (Å²) in [6.07, 6.45) is 0.758. The molecule has 2 atom stereocenters. The van der Waals surface area contributed by atoms with Crippen LogP contribution in [-0.4, -0.2) is 31.3 Å². The highest BCUT2D eigenvalue weighted by Gasteiger charge is 2.32. The van der Waals surface area contributed by atoms with Crippen LogP contribution >= 0.6 is 0 Å². The van der Waals surface area contributed by atoms with E-state index in [-0.39, 0.29) is 23.3 Å². The zero-order chi connectivity index (χ0) is 16.4. The fourth-order valence-corrected chi connectivity index (χ4v) is 2.09. The predicted octanol–water partition coefficient (Wildman–Crippen LogP) is 2.96. The number of carboxylic acids is 1. The summed E-state index contributed by atoms with van der Waals surface area (Å²) in [6.45, 7) is 14.8. The Labute approximate surface area is 126 Å². The Balaban J connectivity index is 3.07. The fraction of sp³-hybridized carbons (Fsp3) is 0.867. The molecule has 1 N–H and O–H groups in total. The maximum atomic E-state index is 11.2. The average Bonchev–Trinajstić information content (AvgIpc) is 2.70. The van der Waals surface area contributed by atoms with Crippen LogP contribution in [0.5, 0.6) is 0 Å². The second-order valence-corrected chi connectivity index (χ2v) is 7.99. The second-order valence-electron chi connectivity index (χ2n) is 7.99. The molecular weight excluding hydrogens is 268 g/mol. The molecule has 120 valence electrons. The van der Waals surface area contributed by atoms with Gasteiger partial charge in [0.15, 0.2) is 5.82 Å². The number of hydrogen-bond acceptors (Lipinski definition) is 4. The highest BCUT2D eigenvalue weighted by molar-refractivity contribution is 5.67. The fourth-order valence-electron chi connectivity index (χ4n) is 2.09. The molecule has 0 aliphatic heterocycles. The van der Waals surface area contributed by atoms with Gasteiger partial charge < -0.3 is 5.11 Å². The zero-order valence-corrected chi connectivity index (χ0v) is 14.2. The monoisotopic (exact) mass is 296 g/mol. The van der Waals surface area contributed by atoms with Crippen molar-refractivity contribution in [2.45, 2.75) is 67.3 Å². The summed E-state index contributed by atoms with van der Waals surface area (Å²) in [5.74, 6) is 0.326. The van der Waals surface area contributed by atoms with Gasteiger partial charge in [-0.05, 0) is 27.2 Å². The van der Waals surface area contributed by atoms with Crippen molar-refractivity contribution in [1.82, 2.24) is 20.2 Å². The average molecular weight is 296 g/mol. The van der Waals surface area contributed by atoms with E-state index in [9.17, 15) is 4.79 Å². The molecule has 6 heteroatoms. The Bertz CT molecular complexity index is 483. The topological polar surface area (TPSA) is 80.9 Å². The first-order valence-corrected chi connectivity index (χ1v) is 7.41. The standard InChI is InChI=1S/C15H28N4O2/c1-10(14(2,3)4)8-12-16-17-18-19(12)11(9-13(20)21)15(5,6)7/h10-11H,8-9H2,1-7H3,(H,20,21). The van der Waals surface area contributed by atoms with Crippen LogP contribution in [0.15, 0.2) is 0 Å². The molecule has 6 nitrogen and oxygen atoms in total. The van der Waals surface area contributed by atoms with Crippen LogP contribution in [-0.2, 0) is 11.2 Å². The van der Waals surface area contributed by atoms with Gasteiger partial charge >= 0.3 is 5.97 Å². The van der Waals surface area contributed by atoms with Gasteiger partial charge in [0.1, 0.15) is 0 Å². The van der Waals surface area contributed by atoms with Crippen LogP contribution in [0.1, 0.15) is 66.8 Å². The lowest BCUT2D eigenvalue weighted by Crippen LogP contribution is -2.30. The van der Waals surface area contributed by atoms with Crippen molar-refractivity contribution in [1.29, 1.82) is 0 Å². The molecule has 1 heterocycles. The number of aromatic nitrogens is 4. The molecule has 21 heavy (non-hydrogen) atoms. The van der Waals surface area contributed by atoms with Crippen molar-refractivity contribution >= 4 is 5.97 Å². The summed E-state index contributed by atoms with van der Waals surface area (Å²) in [4.78, 5) is 11.2. The Morgan fingerprint density at radius 1 is 1.19 bits per heavy atom. The van der Waals surface area contributed by atoms with E-state index in [4.69, 9.17) is 5.11 Å². The summed E-state index contributed by atoms with van der Waals surface area (Å²) in [7, 11) is 0. The van der Waals surface area contributed by atoms with Crippen LogP contribution in [0, 0.1) is 16.7 Å². The molecule has 0 aliphatic rings. The zero-order valence-electron chi connectivity index (χ0n) is 14.2. The number of carbonyl (C=O) groups is 1. The third-order valence-corrected chi connectivity index (χ3v) is 4.19. The molecule has 0 aromatic carbocycles. The number of carboxylic acid groups (broad SMARTS) is 1. The second kappa shape index (κ2) is 6.12. The van der Waals surface area contributed by atoms with Gasteiger partial charge in [-0.3, -0.25) is 4.79 Å². The van der Waals surface area contributed by atoms with E-state index in [0.717, 1.165) is 12.2 Å². The Morgan fingerprint density at radius 3 is 2.19 bits per heavy atom. The van der Waals surface area contributed by atoms with Crippen molar-refractivity contribution in [3.05, 3.63) is 5.82 Å². The van der Waals surface area contributed by atoms with E-state index in [2.05, 4.69) is 43.2 Å². The first kappa shape index (κ1) is 17.6. The van der Waals surface area contributed by atoms with Crippen molar-refractivity contribution in [2.24, 2.45) is 16.7 Å². The van der Waals surface area contributed by atoms with E-state index in [1.807, 2.05) is 20.8 Å². The Morgan fingerprint density at radius 2 is 1.76 bits per heavy atom. The summed E-state index contributed by atoms with van der Waals surface area (Å²) in [6, 6.07) is -0.257. The molecule has 0 bridgehead atoms. The van der Waals surface area contributed by atoms with Gasteiger partial charge in [0.2, 0.25) is 0 Å². The first-order chi connectivity index (χ1) is 9.43. The molecule has 0 spiro atoms. The van der Waals surface area contributed by atoms with E-state index >= 15 is 0 Å². The largest absolute Gasteiger partial charge is 0.481 e. The molecule has 0 fully saturated rings. The lowest BCUT2D eigenvalue weighted by atomic mass is 9.79. The minimum Gasteiger partial charge on any atom is -0.481 e. The lowest BCUT2D eigenvalue weighted by molar-refractivity contribution is -0.138. The molecule has 0 radical (unpaired) electrons. The normalized spacial score (nSPS) is 15.8. The van der Waals surface area contributed by atoms with Crippen molar-refractivity contribution in [3.63, 3.8) is 0 Å². The van der Waals surface area contributed by atoms with Gasteiger partial charge in [0, 0.05) is 6.42 Å². The van der Waals surface area contributed by atoms with Gasteiger partial charge in [-0.25, -0.2) is 4.68 Å². The SMILES string of the molecule is CC(Cc1nnnn1C(CC(=O)O)C(C)(C)C)C(C)(C)C. The molecule has 1 aromatic rings. The van der Waals surface area contributed by atoms with E-state index < -0.39 is 5.97 Å². The Kier molecular flexibility index (Phi) is 5.12. The third-order valence-electron chi connectivity index (χ3n) is 4.19. The van der Waals surface area contributed by atoms with E-state index in [0.29, 0.717) is 5.92 Å². The van der Waals surface area contributed by atoms with Gasteiger partial charge in [0.05, 0.1) is 12.5 Å². The first-order valence-electron chi connectivity index (χ1n) is 7.41. The molecule has 0 amide bonds. The molecule has 2 unspecified atom stereocenters. The number of tetrazole rings is 1. The van der Waals surface area contributed by atoms with Gasteiger partial charge in [-0.2, -0.15) is 0 Å². The van der Waals surface area contributed by atoms with Crippen molar-refractivity contribution < 1.29 is 9.90 Å². The van der Waals surface area contributed by atoms with Crippen molar-refractivity contribution in [2.75, 3.05) is 0 Å². The molecular formula is C15H28N4O2. The van der Waals surface area contributed by atoms with Crippen LogP contribution in [0.3, 0.4) is 0 Å². The smallest absolute Gasteiger partial charge is 0.305 e. The minimum atomic E-state index is -0.833. The summed E-state index contributed by atoms with van der Waals surface area (Å²) in [5, 5.41) is 21.1. The highest BCUT2D eigenvalue weighted by Crippen LogP contribution is 2.34. The summed E-state index contributed by atoms with van der Waals surface area (Å²) >= 11 is 0. The maximum absolute atomic E-state index is 11.2.